The van der Waals surface area contributed by atoms with Crippen LogP contribution in [0.1, 0.15) is 22.8 Å². The number of para-hydroxylation sites is 1. The highest BCUT2D eigenvalue weighted by atomic mass is 127. The van der Waals surface area contributed by atoms with E-state index >= 15 is 0 Å². The average molecular weight is 425 g/mol. The second-order valence-corrected chi connectivity index (χ2v) is 6.96. The van der Waals surface area contributed by atoms with E-state index in [4.69, 9.17) is 0 Å². The molecule has 4 rings (SSSR count). The average Bonchev–Trinajstić information content (AvgIpc) is 2.94. The molecule has 0 aliphatic heterocycles. The van der Waals surface area contributed by atoms with Crippen molar-refractivity contribution >= 4 is 50.2 Å². The number of halogens is 1. The van der Waals surface area contributed by atoms with Crippen molar-refractivity contribution in [2.24, 2.45) is 0 Å². The van der Waals surface area contributed by atoms with Crippen molar-refractivity contribution in [3.8, 4) is 0 Å². The second kappa shape index (κ2) is 6.06. The maximum atomic E-state index is 12.9. The molecule has 0 N–H and O–H groups in total. The highest BCUT2D eigenvalue weighted by Gasteiger charge is 2.15. The molecule has 3 heteroatoms. The molecule has 0 radical (unpaired) electrons. The Bertz CT molecular complexity index is 1080. The summed E-state index contributed by atoms with van der Waals surface area (Å²) in [5, 5.41) is 2.34. The number of carbonyl (C=O) groups excluding carboxylic acids is 1. The zero-order valence-electron chi connectivity index (χ0n) is 13.3. The number of rotatable bonds is 3. The van der Waals surface area contributed by atoms with E-state index < -0.39 is 0 Å². The van der Waals surface area contributed by atoms with Gasteiger partial charge in [0, 0.05) is 43.0 Å². The zero-order valence-corrected chi connectivity index (χ0v) is 15.4. The van der Waals surface area contributed by atoms with E-state index in [0.29, 0.717) is 0 Å². The summed E-state index contributed by atoms with van der Waals surface area (Å²) in [7, 11) is 0. The fourth-order valence-corrected chi connectivity index (χ4v) is 3.97. The maximum absolute atomic E-state index is 12.9. The summed E-state index contributed by atoms with van der Waals surface area (Å²) >= 11 is 2.22. The molecule has 4 aromatic rings. The van der Waals surface area contributed by atoms with Crippen molar-refractivity contribution in [1.82, 2.24) is 4.57 Å². The smallest absolute Gasteiger partial charge is 0.194 e. The van der Waals surface area contributed by atoms with Crippen LogP contribution in [0.25, 0.3) is 21.8 Å². The van der Waals surface area contributed by atoms with Crippen LogP contribution in [0.5, 0.6) is 0 Å². The largest absolute Gasteiger partial charge is 0.341 e. The summed E-state index contributed by atoms with van der Waals surface area (Å²) < 4.78 is 3.28. The molecule has 0 saturated carbocycles. The molecule has 0 atom stereocenters. The number of fused-ring (bicyclic) bond motifs is 3. The summed E-state index contributed by atoms with van der Waals surface area (Å²) in [5.41, 5.74) is 3.90. The predicted octanol–water partition coefficient (Wildman–Crippen LogP) is 5.65. The Kier molecular flexibility index (Phi) is 3.88. The summed E-state index contributed by atoms with van der Waals surface area (Å²) in [6, 6.07) is 22.2. The fraction of sp³-hybridized carbons (Fsp3) is 0.0952. The zero-order chi connectivity index (χ0) is 16.7. The van der Waals surface area contributed by atoms with Gasteiger partial charge in [-0.25, -0.2) is 0 Å². The van der Waals surface area contributed by atoms with Gasteiger partial charge in [-0.05, 0) is 65.9 Å². The van der Waals surface area contributed by atoms with Crippen LogP contribution in [-0.2, 0) is 6.54 Å². The van der Waals surface area contributed by atoms with Crippen LogP contribution in [0, 0.1) is 3.57 Å². The van der Waals surface area contributed by atoms with Crippen LogP contribution >= 0.6 is 22.6 Å². The second-order valence-electron chi connectivity index (χ2n) is 5.80. The van der Waals surface area contributed by atoms with Gasteiger partial charge in [-0.1, -0.05) is 30.3 Å². The number of carbonyl (C=O) groups is 1. The number of hydrogen-bond acceptors (Lipinski definition) is 1. The Hall–Kier alpha value is -2.14. The molecule has 3 aromatic carbocycles. The Morgan fingerprint density at radius 2 is 1.62 bits per heavy atom. The van der Waals surface area contributed by atoms with Crippen LogP contribution < -0.4 is 0 Å². The van der Waals surface area contributed by atoms with Gasteiger partial charge in [0.05, 0.1) is 0 Å². The van der Waals surface area contributed by atoms with Gasteiger partial charge in [0.1, 0.15) is 0 Å². The standard InChI is InChI=1S/C21H16INO/c1-2-23-19-10-6-4-7-15(19)17-13-14(11-12-20(17)23)21(24)16-8-3-5-9-18(16)22/h3-13H,2H2,1H3. The predicted molar refractivity (Wildman–Crippen MR) is 108 cm³/mol. The van der Waals surface area contributed by atoms with Gasteiger partial charge in [0.25, 0.3) is 0 Å². The van der Waals surface area contributed by atoms with Crippen molar-refractivity contribution in [3.63, 3.8) is 0 Å². The minimum atomic E-state index is 0.0789. The molecular formula is C21H16INO. The number of nitrogens with zero attached hydrogens (tertiary/aromatic N) is 1. The third-order valence-electron chi connectivity index (χ3n) is 4.47. The highest BCUT2D eigenvalue weighted by molar-refractivity contribution is 14.1. The molecule has 0 aliphatic carbocycles. The third kappa shape index (κ3) is 2.35. The molecule has 24 heavy (non-hydrogen) atoms. The molecule has 1 heterocycles. The van der Waals surface area contributed by atoms with Crippen LogP contribution in [0.4, 0.5) is 0 Å². The van der Waals surface area contributed by atoms with Crippen molar-refractivity contribution in [2.45, 2.75) is 13.5 Å². The van der Waals surface area contributed by atoms with Crippen LogP contribution in [-0.4, -0.2) is 10.4 Å². The molecule has 0 fully saturated rings. The lowest BCUT2D eigenvalue weighted by atomic mass is 10.0. The van der Waals surface area contributed by atoms with E-state index in [1.165, 1.54) is 16.4 Å². The van der Waals surface area contributed by atoms with E-state index in [1.54, 1.807) is 0 Å². The lowest BCUT2D eigenvalue weighted by Gasteiger charge is -2.05. The van der Waals surface area contributed by atoms with Gasteiger partial charge in [0.2, 0.25) is 0 Å². The molecule has 1 aromatic heterocycles. The third-order valence-corrected chi connectivity index (χ3v) is 5.41. The number of hydrogen-bond donors (Lipinski definition) is 0. The van der Waals surface area contributed by atoms with Gasteiger partial charge in [0.15, 0.2) is 5.78 Å². The van der Waals surface area contributed by atoms with E-state index in [1.807, 2.05) is 36.4 Å². The van der Waals surface area contributed by atoms with Gasteiger partial charge in [-0.3, -0.25) is 4.79 Å². The molecule has 0 amide bonds. The van der Waals surface area contributed by atoms with E-state index in [2.05, 4.69) is 64.4 Å². The van der Waals surface area contributed by atoms with Gasteiger partial charge in [-0.15, -0.1) is 0 Å². The van der Waals surface area contributed by atoms with Crippen LogP contribution in [0.2, 0.25) is 0 Å². The first-order chi connectivity index (χ1) is 11.7. The normalized spacial score (nSPS) is 11.2. The SMILES string of the molecule is CCn1c2ccccc2c2cc(C(=O)c3ccccc3I)ccc21. The number of aryl methyl sites for hydroxylation is 1. The van der Waals surface area contributed by atoms with Crippen molar-refractivity contribution in [1.29, 1.82) is 0 Å². The first kappa shape index (κ1) is 15.4. The Morgan fingerprint density at radius 1 is 0.917 bits per heavy atom. The first-order valence-corrected chi connectivity index (χ1v) is 9.09. The minimum Gasteiger partial charge on any atom is -0.341 e. The lowest BCUT2D eigenvalue weighted by Crippen LogP contribution is -2.03. The van der Waals surface area contributed by atoms with Crippen molar-refractivity contribution < 1.29 is 4.79 Å². The molecule has 2 nitrogen and oxygen atoms in total. The quantitative estimate of drug-likeness (QED) is 0.307. The number of benzene rings is 3. The number of ketones is 1. The van der Waals surface area contributed by atoms with Crippen molar-refractivity contribution in [2.75, 3.05) is 0 Å². The molecule has 0 saturated heterocycles. The van der Waals surface area contributed by atoms with Crippen LogP contribution in [0.15, 0.2) is 66.7 Å². The molecule has 0 bridgehead atoms. The van der Waals surface area contributed by atoms with Crippen LogP contribution in [0.3, 0.4) is 0 Å². The summed E-state index contributed by atoms with van der Waals surface area (Å²) in [4.78, 5) is 12.9. The van der Waals surface area contributed by atoms with E-state index in [9.17, 15) is 4.79 Å². The Morgan fingerprint density at radius 3 is 2.42 bits per heavy atom. The summed E-state index contributed by atoms with van der Waals surface area (Å²) in [6.07, 6.45) is 0. The lowest BCUT2D eigenvalue weighted by molar-refractivity contribution is 0.103. The van der Waals surface area contributed by atoms with E-state index in [0.717, 1.165) is 26.6 Å². The summed E-state index contributed by atoms with van der Waals surface area (Å²) in [6.45, 7) is 3.06. The molecule has 0 unspecified atom stereocenters. The van der Waals surface area contributed by atoms with Gasteiger partial charge >= 0.3 is 0 Å². The van der Waals surface area contributed by atoms with E-state index in [-0.39, 0.29) is 5.78 Å². The maximum Gasteiger partial charge on any atom is 0.194 e. The Balaban J connectivity index is 1.95. The molecule has 0 aliphatic rings. The molecular weight excluding hydrogens is 409 g/mol. The monoisotopic (exact) mass is 425 g/mol. The molecule has 118 valence electrons. The van der Waals surface area contributed by atoms with Gasteiger partial charge < -0.3 is 4.57 Å². The molecule has 0 spiro atoms. The fourth-order valence-electron chi connectivity index (χ4n) is 3.34. The highest BCUT2D eigenvalue weighted by Crippen LogP contribution is 2.30. The summed E-state index contributed by atoms with van der Waals surface area (Å²) in [5.74, 6) is 0.0789. The number of aromatic nitrogens is 1. The van der Waals surface area contributed by atoms with Crippen molar-refractivity contribution in [3.05, 3.63) is 81.4 Å². The Labute approximate surface area is 154 Å². The minimum absolute atomic E-state index is 0.0789. The topological polar surface area (TPSA) is 22.0 Å². The first-order valence-electron chi connectivity index (χ1n) is 8.01. The van der Waals surface area contributed by atoms with Gasteiger partial charge in [-0.2, -0.15) is 0 Å².